The maximum Gasteiger partial charge on any atom is 0.496 e. The SMILES string of the molecule is CC(C)[N+]1=C=[N+](c2ccc3oc4ncccc4c3c2)c2ccccc21. The van der Waals surface area contributed by atoms with E-state index >= 15 is 0 Å². The topological polar surface area (TPSA) is 32.0 Å². The third-order valence-electron chi connectivity index (χ3n) is 4.60. The minimum atomic E-state index is 0.342. The molecule has 25 heavy (non-hydrogen) atoms. The van der Waals surface area contributed by atoms with Crippen LogP contribution < -0.4 is 4.58 Å². The molecule has 0 radical (unpaired) electrons. The molecule has 2 aromatic carbocycles. The first kappa shape index (κ1) is 14.1. The van der Waals surface area contributed by atoms with Crippen LogP contribution in [-0.4, -0.2) is 21.6 Å². The van der Waals surface area contributed by atoms with Crippen LogP contribution in [0.5, 0.6) is 0 Å². The van der Waals surface area contributed by atoms with Crippen molar-refractivity contribution in [1.29, 1.82) is 0 Å². The molecular formula is C21H17N3O+2. The molecule has 4 aromatic rings. The second-order valence-electron chi connectivity index (χ2n) is 6.53. The summed E-state index contributed by atoms with van der Waals surface area (Å²) in [7, 11) is 0. The summed E-state index contributed by atoms with van der Waals surface area (Å²) in [5, 5.41) is 2.11. The van der Waals surface area contributed by atoms with E-state index in [0.717, 1.165) is 27.7 Å². The quantitative estimate of drug-likeness (QED) is 0.482. The first-order valence-electron chi connectivity index (χ1n) is 8.44. The predicted molar refractivity (Wildman–Crippen MR) is 99.5 cm³/mol. The van der Waals surface area contributed by atoms with Crippen molar-refractivity contribution in [1.82, 2.24) is 9.56 Å². The van der Waals surface area contributed by atoms with Crippen LogP contribution in [-0.2, 0) is 0 Å². The van der Waals surface area contributed by atoms with Gasteiger partial charge < -0.3 is 4.42 Å². The number of hydrogen-bond acceptors (Lipinski definition) is 2. The Hall–Kier alpha value is -3.23. The van der Waals surface area contributed by atoms with Crippen LogP contribution in [0.3, 0.4) is 0 Å². The van der Waals surface area contributed by atoms with Crippen LogP contribution in [0.15, 0.2) is 65.2 Å². The Balaban J connectivity index is 1.78. The number of pyridine rings is 1. The van der Waals surface area contributed by atoms with Crippen LogP contribution in [0.25, 0.3) is 22.1 Å². The normalized spacial score (nSPS) is 13.4. The average Bonchev–Trinajstić information content (AvgIpc) is 3.20. The summed E-state index contributed by atoms with van der Waals surface area (Å²) in [6.07, 6.45) is 1.75. The molecule has 120 valence electrons. The summed E-state index contributed by atoms with van der Waals surface area (Å²) >= 11 is 0. The van der Waals surface area contributed by atoms with E-state index in [1.165, 1.54) is 5.69 Å². The summed E-state index contributed by atoms with van der Waals surface area (Å²) in [5.74, 6) is 0. The molecule has 0 aliphatic carbocycles. The van der Waals surface area contributed by atoms with Gasteiger partial charge >= 0.3 is 6.01 Å². The van der Waals surface area contributed by atoms with Gasteiger partial charge in [0.25, 0.3) is 11.4 Å². The van der Waals surface area contributed by atoms with Crippen LogP contribution in [0, 0.1) is 0 Å². The van der Waals surface area contributed by atoms with Gasteiger partial charge in [-0.25, -0.2) is 4.98 Å². The van der Waals surface area contributed by atoms with Gasteiger partial charge in [0.05, 0.1) is 0 Å². The molecule has 0 bridgehead atoms. The number of furan rings is 1. The minimum Gasteiger partial charge on any atom is -0.438 e. The van der Waals surface area contributed by atoms with Gasteiger partial charge in [-0.3, -0.25) is 0 Å². The van der Waals surface area contributed by atoms with Crippen molar-refractivity contribution in [2.75, 3.05) is 0 Å². The van der Waals surface area contributed by atoms with Crippen molar-refractivity contribution >= 4 is 45.1 Å². The number of aromatic nitrogens is 1. The van der Waals surface area contributed by atoms with Gasteiger partial charge in [0, 0.05) is 41.2 Å². The molecule has 0 amide bonds. The van der Waals surface area contributed by atoms with Crippen molar-refractivity contribution in [2.24, 2.45) is 0 Å². The van der Waals surface area contributed by atoms with Gasteiger partial charge in [-0.05, 0) is 36.6 Å². The van der Waals surface area contributed by atoms with Gasteiger partial charge in [0.2, 0.25) is 11.4 Å². The minimum absolute atomic E-state index is 0.342. The average molecular weight is 327 g/mol. The van der Waals surface area contributed by atoms with Crippen molar-refractivity contribution in [3.8, 4) is 0 Å². The molecule has 0 fully saturated rings. The van der Waals surface area contributed by atoms with Crippen molar-refractivity contribution in [3.63, 3.8) is 0 Å². The van der Waals surface area contributed by atoms with E-state index in [-0.39, 0.29) is 0 Å². The molecule has 1 aliphatic heterocycles. The van der Waals surface area contributed by atoms with Crippen molar-refractivity contribution < 1.29 is 8.99 Å². The summed E-state index contributed by atoms with van der Waals surface area (Å²) in [6.45, 7) is 4.34. The zero-order valence-electron chi connectivity index (χ0n) is 14.1. The summed E-state index contributed by atoms with van der Waals surface area (Å²) in [4.78, 5) is 4.31. The molecule has 0 spiro atoms. The second kappa shape index (κ2) is 5.13. The lowest BCUT2D eigenvalue weighted by Gasteiger charge is -1.97. The van der Waals surface area contributed by atoms with Gasteiger partial charge in [0.1, 0.15) is 5.58 Å². The third kappa shape index (κ3) is 2.05. The summed E-state index contributed by atoms with van der Waals surface area (Å²) in [5.41, 5.74) is 4.91. The molecule has 4 nitrogen and oxygen atoms in total. The lowest BCUT2D eigenvalue weighted by molar-refractivity contribution is -0.466. The Kier molecular flexibility index (Phi) is 2.90. The first-order chi connectivity index (χ1) is 12.2. The second-order valence-corrected chi connectivity index (χ2v) is 6.53. The highest BCUT2D eigenvalue weighted by atomic mass is 16.3. The Morgan fingerprint density at radius 2 is 1.80 bits per heavy atom. The predicted octanol–water partition coefficient (Wildman–Crippen LogP) is 5.06. The number of rotatable bonds is 2. The molecular weight excluding hydrogens is 310 g/mol. The Morgan fingerprint density at radius 1 is 0.960 bits per heavy atom. The van der Waals surface area contributed by atoms with E-state index in [4.69, 9.17) is 4.42 Å². The van der Waals surface area contributed by atoms with E-state index in [1.54, 1.807) is 6.20 Å². The lowest BCUT2D eigenvalue weighted by Crippen LogP contribution is -2.12. The van der Waals surface area contributed by atoms with Crippen LogP contribution in [0.2, 0.25) is 0 Å². The highest BCUT2D eigenvalue weighted by molar-refractivity contribution is 6.04. The van der Waals surface area contributed by atoms with Gasteiger partial charge in [-0.15, -0.1) is 0 Å². The van der Waals surface area contributed by atoms with Crippen LogP contribution in [0.4, 0.5) is 17.1 Å². The van der Waals surface area contributed by atoms with E-state index in [2.05, 4.69) is 70.4 Å². The lowest BCUT2D eigenvalue weighted by atomic mass is 10.1. The molecule has 4 heteroatoms. The van der Waals surface area contributed by atoms with Gasteiger partial charge in [-0.1, -0.05) is 16.7 Å². The van der Waals surface area contributed by atoms with Gasteiger partial charge in [0.15, 0.2) is 6.04 Å². The Morgan fingerprint density at radius 3 is 2.64 bits per heavy atom. The fourth-order valence-corrected chi connectivity index (χ4v) is 3.40. The Bertz CT molecular complexity index is 1210. The number of fused-ring (bicyclic) bond motifs is 4. The maximum atomic E-state index is 5.84. The number of benzene rings is 2. The largest absolute Gasteiger partial charge is 0.496 e. The molecule has 3 heterocycles. The van der Waals surface area contributed by atoms with E-state index in [9.17, 15) is 0 Å². The molecule has 2 aromatic heterocycles. The fourth-order valence-electron chi connectivity index (χ4n) is 3.40. The van der Waals surface area contributed by atoms with Crippen LogP contribution in [0.1, 0.15) is 13.8 Å². The molecule has 0 unspecified atom stereocenters. The zero-order chi connectivity index (χ0) is 17.0. The van der Waals surface area contributed by atoms with E-state index < -0.39 is 0 Å². The zero-order valence-corrected chi connectivity index (χ0v) is 14.1. The number of hydrogen-bond donors (Lipinski definition) is 0. The highest BCUT2D eigenvalue weighted by Crippen LogP contribution is 2.36. The molecule has 1 aliphatic rings. The van der Waals surface area contributed by atoms with Crippen molar-refractivity contribution in [3.05, 3.63) is 60.8 Å². The molecule has 0 saturated carbocycles. The van der Waals surface area contributed by atoms with E-state index in [1.807, 2.05) is 18.2 Å². The standard InChI is InChI=1S/C21H17N3O/c1-14(2)23-13-24(19-8-4-3-7-18(19)23)15-9-10-20-17(12-15)16-6-5-11-22-21(16)25-20/h3-12,14H,1-2H3/q+2. The number of nitrogens with zero attached hydrogens (tertiary/aromatic N) is 3. The molecule has 5 rings (SSSR count). The third-order valence-corrected chi connectivity index (χ3v) is 4.60. The maximum absolute atomic E-state index is 5.84. The monoisotopic (exact) mass is 327 g/mol. The summed E-state index contributed by atoms with van der Waals surface area (Å²) < 4.78 is 10.1. The molecule has 0 N–H and O–H groups in total. The summed E-state index contributed by atoms with van der Waals surface area (Å²) in [6, 6.07) is 22.4. The highest BCUT2D eigenvalue weighted by Gasteiger charge is 2.36. The Labute approximate surface area is 145 Å². The van der Waals surface area contributed by atoms with Crippen LogP contribution >= 0.6 is 0 Å². The smallest absolute Gasteiger partial charge is 0.438 e. The fraction of sp³-hybridized carbons (Fsp3) is 0.143. The molecule has 0 atom stereocenters. The number of para-hydroxylation sites is 2. The van der Waals surface area contributed by atoms with Crippen molar-refractivity contribution in [2.45, 2.75) is 19.9 Å². The van der Waals surface area contributed by atoms with E-state index in [0.29, 0.717) is 11.8 Å². The first-order valence-corrected chi connectivity index (χ1v) is 8.44. The van der Waals surface area contributed by atoms with Gasteiger partial charge in [-0.2, -0.15) is 0 Å². The molecule has 0 saturated heterocycles.